The van der Waals surface area contributed by atoms with Gasteiger partial charge >= 0.3 is 0 Å². The van der Waals surface area contributed by atoms with Gasteiger partial charge in [0.1, 0.15) is 0 Å². The fraction of sp³-hybridized carbons (Fsp3) is 0.583. The van der Waals surface area contributed by atoms with Gasteiger partial charge in [0.05, 0.1) is 10.7 Å². The molecule has 1 fully saturated rings. The molecule has 1 aromatic rings. The van der Waals surface area contributed by atoms with E-state index in [1.165, 1.54) is 19.5 Å². The average molecular weight is 240 g/mol. The second kappa shape index (κ2) is 5.51. The smallest absolute Gasteiger partial charge is 0.0820 e. The van der Waals surface area contributed by atoms with Gasteiger partial charge in [0.25, 0.3) is 0 Å². The standard InChI is InChI=1S/C12H18ClN3/c1-2-16-6-4-10(9-16)7-15-12-3-5-14-8-11(12)13/h3,5,8,10H,2,4,6-7,9H2,1H3,(H,14,15). The van der Waals surface area contributed by atoms with Crippen LogP contribution in [-0.2, 0) is 0 Å². The van der Waals surface area contributed by atoms with E-state index >= 15 is 0 Å². The molecule has 2 heterocycles. The molecule has 1 aliphatic heterocycles. The molecule has 1 unspecified atom stereocenters. The second-order valence-corrected chi connectivity index (χ2v) is 4.69. The van der Waals surface area contributed by atoms with Crippen molar-refractivity contribution in [1.29, 1.82) is 0 Å². The number of pyridine rings is 1. The summed E-state index contributed by atoms with van der Waals surface area (Å²) >= 11 is 6.03. The lowest BCUT2D eigenvalue weighted by Gasteiger charge is -2.14. The van der Waals surface area contributed by atoms with Crippen LogP contribution in [0.5, 0.6) is 0 Å². The Morgan fingerprint density at radius 3 is 3.19 bits per heavy atom. The number of rotatable bonds is 4. The first-order chi connectivity index (χ1) is 7.79. The van der Waals surface area contributed by atoms with Gasteiger partial charge in [0.2, 0.25) is 0 Å². The first kappa shape index (κ1) is 11.7. The molecule has 1 aromatic heterocycles. The molecule has 0 spiro atoms. The van der Waals surface area contributed by atoms with E-state index in [1.807, 2.05) is 6.07 Å². The zero-order valence-corrected chi connectivity index (χ0v) is 10.4. The molecule has 16 heavy (non-hydrogen) atoms. The lowest BCUT2D eigenvalue weighted by molar-refractivity contribution is 0.345. The van der Waals surface area contributed by atoms with E-state index < -0.39 is 0 Å². The molecule has 2 rings (SSSR count). The maximum Gasteiger partial charge on any atom is 0.0820 e. The summed E-state index contributed by atoms with van der Waals surface area (Å²) in [5.74, 6) is 0.740. The Balaban J connectivity index is 1.82. The number of likely N-dealkylation sites (tertiary alicyclic amines) is 1. The predicted molar refractivity (Wildman–Crippen MR) is 68.0 cm³/mol. The van der Waals surface area contributed by atoms with Crippen molar-refractivity contribution in [3.63, 3.8) is 0 Å². The van der Waals surface area contributed by atoms with E-state index in [2.05, 4.69) is 22.1 Å². The lowest BCUT2D eigenvalue weighted by Crippen LogP contribution is -2.22. The topological polar surface area (TPSA) is 28.2 Å². The summed E-state index contributed by atoms with van der Waals surface area (Å²) in [5.41, 5.74) is 0.992. The largest absolute Gasteiger partial charge is 0.383 e. The molecule has 3 nitrogen and oxygen atoms in total. The van der Waals surface area contributed by atoms with Crippen LogP contribution in [-0.4, -0.2) is 36.1 Å². The van der Waals surface area contributed by atoms with Crippen LogP contribution in [0.2, 0.25) is 5.02 Å². The average Bonchev–Trinajstić information content (AvgIpc) is 2.76. The first-order valence-corrected chi connectivity index (χ1v) is 6.23. The van der Waals surface area contributed by atoms with Gasteiger partial charge in [-0.15, -0.1) is 0 Å². The van der Waals surface area contributed by atoms with Crippen molar-refractivity contribution in [3.8, 4) is 0 Å². The number of nitrogens with zero attached hydrogens (tertiary/aromatic N) is 2. The monoisotopic (exact) mass is 239 g/mol. The van der Waals surface area contributed by atoms with Crippen molar-refractivity contribution >= 4 is 17.3 Å². The number of anilines is 1. The van der Waals surface area contributed by atoms with Gasteiger partial charge in [-0.1, -0.05) is 18.5 Å². The van der Waals surface area contributed by atoms with Crippen molar-refractivity contribution in [2.24, 2.45) is 5.92 Å². The third kappa shape index (κ3) is 2.86. The van der Waals surface area contributed by atoms with Crippen molar-refractivity contribution in [3.05, 3.63) is 23.5 Å². The number of hydrogen-bond donors (Lipinski definition) is 1. The summed E-state index contributed by atoms with van der Waals surface area (Å²) in [6.07, 6.45) is 4.72. The molecule has 1 N–H and O–H groups in total. The molecule has 0 aliphatic carbocycles. The number of nitrogens with one attached hydrogen (secondary N) is 1. The maximum atomic E-state index is 6.03. The normalized spacial score (nSPS) is 21.2. The summed E-state index contributed by atoms with van der Waals surface area (Å²) in [6.45, 7) is 6.81. The molecule has 0 radical (unpaired) electrons. The predicted octanol–water partition coefficient (Wildman–Crippen LogP) is 2.49. The Morgan fingerprint density at radius 1 is 1.62 bits per heavy atom. The van der Waals surface area contributed by atoms with E-state index in [4.69, 9.17) is 11.6 Å². The highest BCUT2D eigenvalue weighted by molar-refractivity contribution is 6.33. The zero-order chi connectivity index (χ0) is 11.4. The summed E-state index contributed by atoms with van der Waals surface area (Å²) in [5, 5.41) is 4.10. The quantitative estimate of drug-likeness (QED) is 0.875. The van der Waals surface area contributed by atoms with Crippen LogP contribution >= 0.6 is 11.6 Å². The van der Waals surface area contributed by atoms with Gasteiger partial charge in [-0.05, 0) is 31.5 Å². The lowest BCUT2D eigenvalue weighted by atomic mass is 10.1. The molecule has 1 aliphatic rings. The van der Waals surface area contributed by atoms with Crippen LogP contribution < -0.4 is 5.32 Å². The molecule has 0 aromatic carbocycles. The van der Waals surface area contributed by atoms with Crippen molar-refractivity contribution in [1.82, 2.24) is 9.88 Å². The van der Waals surface area contributed by atoms with Crippen LogP contribution in [0, 0.1) is 5.92 Å². The van der Waals surface area contributed by atoms with Gasteiger partial charge in [-0.2, -0.15) is 0 Å². The molecule has 0 amide bonds. The van der Waals surface area contributed by atoms with Crippen LogP contribution in [0.1, 0.15) is 13.3 Å². The highest BCUT2D eigenvalue weighted by atomic mass is 35.5. The van der Waals surface area contributed by atoms with Crippen LogP contribution in [0.15, 0.2) is 18.5 Å². The summed E-state index contributed by atoms with van der Waals surface area (Å²) in [6, 6.07) is 1.93. The van der Waals surface area contributed by atoms with Crippen molar-refractivity contribution in [2.45, 2.75) is 13.3 Å². The minimum atomic E-state index is 0.702. The molecule has 1 saturated heterocycles. The van der Waals surface area contributed by atoms with Crippen LogP contribution in [0.4, 0.5) is 5.69 Å². The Hall–Kier alpha value is -0.800. The summed E-state index contributed by atoms with van der Waals surface area (Å²) < 4.78 is 0. The SMILES string of the molecule is CCN1CCC(CNc2ccncc2Cl)C1. The highest BCUT2D eigenvalue weighted by Gasteiger charge is 2.20. The van der Waals surface area contributed by atoms with E-state index in [0.717, 1.165) is 24.7 Å². The molecule has 0 bridgehead atoms. The van der Waals surface area contributed by atoms with Crippen molar-refractivity contribution in [2.75, 3.05) is 31.5 Å². The molecule has 88 valence electrons. The molecule has 0 saturated carbocycles. The number of hydrogen-bond acceptors (Lipinski definition) is 3. The maximum absolute atomic E-state index is 6.03. The molecule has 1 atom stereocenters. The first-order valence-electron chi connectivity index (χ1n) is 5.85. The van der Waals surface area contributed by atoms with E-state index in [0.29, 0.717) is 5.02 Å². The van der Waals surface area contributed by atoms with Crippen LogP contribution in [0.3, 0.4) is 0 Å². The Morgan fingerprint density at radius 2 is 2.50 bits per heavy atom. The number of aromatic nitrogens is 1. The van der Waals surface area contributed by atoms with Gasteiger partial charge < -0.3 is 10.2 Å². The fourth-order valence-electron chi connectivity index (χ4n) is 2.14. The summed E-state index contributed by atoms with van der Waals surface area (Å²) in [7, 11) is 0. The van der Waals surface area contributed by atoms with E-state index in [1.54, 1.807) is 12.4 Å². The minimum absolute atomic E-state index is 0.702. The molecule has 4 heteroatoms. The minimum Gasteiger partial charge on any atom is -0.383 e. The highest BCUT2D eigenvalue weighted by Crippen LogP contribution is 2.21. The van der Waals surface area contributed by atoms with E-state index in [-0.39, 0.29) is 0 Å². The fourth-order valence-corrected chi connectivity index (χ4v) is 2.33. The third-order valence-corrected chi connectivity index (χ3v) is 3.47. The zero-order valence-electron chi connectivity index (χ0n) is 9.62. The Labute approximate surface area is 102 Å². The van der Waals surface area contributed by atoms with Crippen LogP contribution in [0.25, 0.3) is 0 Å². The molecular weight excluding hydrogens is 222 g/mol. The van der Waals surface area contributed by atoms with Gasteiger partial charge in [0, 0.05) is 25.5 Å². The van der Waals surface area contributed by atoms with Gasteiger partial charge in [-0.25, -0.2) is 0 Å². The van der Waals surface area contributed by atoms with Gasteiger partial charge in [0.15, 0.2) is 0 Å². The number of halogens is 1. The molecular formula is C12H18ClN3. The third-order valence-electron chi connectivity index (χ3n) is 3.17. The Kier molecular flexibility index (Phi) is 4.02. The van der Waals surface area contributed by atoms with E-state index in [9.17, 15) is 0 Å². The van der Waals surface area contributed by atoms with Gasteiger partial charge in [-0.3, -0.25) is 4.98 Å². The summed E-state index contributed by atoms with van der Waals surface area (Å²) in [4.78, 5) is 6.46. The second-order valence-electron chi connectivity index (χ2n) is 4.28. The van der Waals surface area contributed by atoms with Crippen molar-refractivity contribution < 1.29 is 0 Å². The Bertz CT molecular complexity index is 343.